The maximum absolute atomic E-state index is 15.5. The molecule has 11 heteroatoms. The molecule has 1 aliphatic rings. The zero-order chi connectivity index (χ0) is 25.4. The molecule has 0 atom stereocenters. The fraction of sp³-hybridized carbons (Fsp3) is 0.120. The normalized spacial score (nSPS) is 12.7. The third kappa shape index (κ3) is 4.38. The highest BCUT2D eigenvalue weighted by Gasteiger charge is 2.26. The molecule has 2 aromatic carbocycles. The molecule has 3 heterocycles. The van der Waals surface area contributed by atoms with Gasteiger partial charge in [0.05, 0.1) is 22.2 Å². The van der Waals surface area contributed by atoms with Gasteiger partial charge in [-0.1, -0.05) is 23.7 Å². The Kier molecular flexibility index (Phi) is 6.31. The molecule has 6 nitrogen and oxygen atoms in total. The van der Waals surface area contributed by atoms with E-state index in [2.05, 4.69) is 19.9 Å². The molecule has 0 aliphatic carbocycles. The van der Waals surface area contributed by atoms with Gasteiger partial charge in [-0.05, 0) is 30.3 Å². The summed E-state index contributed by atoms with van der Waals surface area (Å²) in [7, 11) is -4.32. The van der Waals surface area contributed by atoms with Gasteiger partial charge in [-0.3, -0.25) is 9.98 Å². The van der Waals surface area contributed by atoms with Crippen molar-refractivity contribution in [2.75, 3.05) is 0 Å². The van der Waals surface area contributed by atoms with E-state index in [9.17, 15) is 17.2 Å². The SMILES string of the molecule is O=S(=O)(Cc1ccc(F)c(Cc2ncccc2-c2ncnc3c2N=CC3)c1F)c1cccc(Cl)c1F. The first-order chi connectivity index (χ1) is 17.3. The predicted octanol–water partition coefficient (Wildman–Crippen LogP) is 5.43. The Morgan fingerprint density at radius 3 is 2.61 bits per heavy atom. The summed E-state index contributed by atoms with van der Waals surface area (Å²) < 4.78 is 70.3. The van der Waals surface area contributed by atoms with Crippen molar-refractivity contribution in [3.63, 3.8) is 0 Å². The van der Waals surface area contributed by atoms with Gasteiger partial charge >= 0.3 is 0 Å². The molecule has 0 N–H and O–H groups in total. The van der Waals surface area contributed by atoms with Crippen molar-refractivity contribution in [2.45, 2.75) is 23.5 Å². The first-order valence-electron chi connectivity index (χ1n) is 10.7. The van der Waals surface area contributed by atoms with Crippen molar-refractivity contribution in [3.05, 3.63) is 100.0 Å². The quantitative estimate of drug-likeness (QED) is 0.333. The standard InChI is InChI=1S/C25H16ClF3N4O2S/c26-17-4-1-5-21(23(17)29)36(34,35)12-14-6-7-18(27)16(22(14)28)11-20-15(3-2-9-30-20)24-25-19(8-10-31-25)32-13-33-24/h1-7,9-10,13H,8,11-12H2. The second-order valence-electron chi connectivity index (χ2n) is 8.02. The number of sulfone groups is 1. The number of hydrogen-bond acceptors (Lipinski definition) is 6. The van der Waals surface area contributed by atoms with E-state index in [-0.39, 0.29) is 22.6 Å². The number of rotatable bonds is 6. The lowest BCUT2D eigenvalue weighted by Gasteiger charge is -2.13. The summed E-state index contributed by atoms with van der Waals surface area (Å²) in [5, 5.41) is -0.375. The molecule has 0 unspecified atom stereocenters. The van der Waals surface area contributed by atoms with Crippen molar-refractivity contribution >= 4 is 33.3 Å². The van der Waals surface area contributed by atoms with E-state index < -0.39 is 37.9 Å². The third-order valence-electron chi connectivity index (χ3n) is 5.76. The van der Waals surface area contributed by atoms with Gasteiger partial charge in [0, 0.05) is 41.9 Å². The lowest BCUT2D eigenvalue weighted by molar-refractivity contribution is 0.547. The highest BCUT2D eigenvalue weighted by atomic mass is 35.5. The molecule has 0 fully saturated rings. The van der Waals surface area contributed by atoms with Crippen molar-refractivity contribution in [2.24, 2.45) is 4.99 Å². The Morgan fingerprint density at radius 2 is 1.78 bits per heavy atom. The lowest BCUT2D eigenvalue weighted by atomic mass is 9.99. The third-order valence-corrected chi connectivity index (χ3v) is 7.72. The van der Waals surface area contributed by atoms with Crippen LogP contribution in [0, 0.1) is 17.5 Å². The zero-order valence-electron chi connectivity index (χ0n) is 18.4. The highest BCUT2D eigenvalue weighted by Crippen LogP contribution is 2.35. The van der Waals surface area contributed by atoms with Gasteiger partial charge in [0.15, 0.2) is 15.7 Å². The van der Waals surface area contributed by atoms with E-state index in [1.165, 1.54) is 24.7 Å². The number of halogens is 4. The van der Waals surface area contributed by atoms with Crippen LogP contribution in [0.15, 0.2) is 64.9 Å². The van der Waals surface area contributed by atoms with Crippen LogP contribution < -0.4 is 0 Å². The van der Waals surface area contributed by atoms with Crippen molar-refractivity contribution in [1.82, 2.24) is 15.0 Å². The summed E-state index contributed by atoms with van der Waals surface area (Å²) in [6, 6.07) is 8.91. The molecule has 182 valence electrons. The van der Waals surface area contributed by atoms with Crippen LogP contribution in [0.4, 0.5) is 18.9 Å². The molecule has 0 bridgehead atoms. The van der Waals surface area contributed by atoms with Crippen LogP contribution in [-0.2, 0) is 28.4 Å². The average Bonchev–Trinajstić information content (AvgIpc) is 3.35. The second kappa shape index (κ2) is 9.44. The van der Waals surface area contributed by atoms with Gasteiger partial charge in [-0.15, -0.1) is 0 Å². The molecule has 5 rings (SSSR count). The van der Waals surface area contributed by atoms with Crippen LogP contribution in [0.2, 0.25) is 5.02 Å². The monoisotopic (exact) mass is 528 g/mol. The predicted molar refractivity (Wildman–Crippen MR) is 129 cm³/mol. The van der Waals surface area contributed by atoms with E-state index in [1.54, 1.807) is 18.3 Å². The Labute approximate surface area is 209 Å². The molecular formula is C25H16ClF3N4O2S. The van der Waals surface area contributed by atoms with Gasteiger partial charge in [-0.25, -0.2) is 31.6 Å². The summed E-state index contributed by atoms with van der Waals surface area (Å²) in [5.41, 5.74) is 1.93. The number of benzene rings is 2. The molecule has 1 aliphatic heterocycles. The van der Waals surface area contributed by atoms with Crippen molar-refractivity contribution in [3.8, 4) is 11.3 Å². The van der Waals surface area contributed by atoms with Gasteiger partial charge in [-0.2, -0.15) is 0 Å². The van der Waals surface area contributed by atoms with Gasteiger partial charge in [0.2, 0.25) is 0 Å². The lowest BCUT2D eigenvalue weighted by Crippen LogP contribution is -2.11. The van der Waals surface area contributed by atoms with Crippen molar-refractivity contribution in [1.29, 1.82) is 0 Å². The van der Waals surface area contributed by atoms with Crippen LogP contribution in [0.5, 0.6) is 0 Å². The number of hydrogen-bond donors (Lipinski definition) is 0. The topological polar surface area (TPSA) is 85.2 Å². The molecule has 0 radical (unpaired) electrons. The zero-order valence-corrected chi connectivity index (χ0v) is 20.0. The number of fused-ring (bicyclic) bond motifs is 1. The Hall–Kier alpha value is -3.63. The summed E-state index contributed by atoms with van der Waals surface area (Å²) in [6.45, 7) is 0. The van der Waals surface area contributed by atoms with E-state index in [1.807, 2.05) is 0 Å². The first-order valence-corrected chi connectivity index (χ1v) is 12.7. The maximum Gasteiger partial charge on any atom is 0.185 e. The van der Waals surface area contributed by atoms with Gasteiger partial charge in [0.1, 0.15) is 34.2 Å². The molecule has 2 aromatic heterocycles. The average molecular weight is 529 g/mol. The Bertz CT molecular complexity index is 1640. The van der Waals surface area contributed by atoms with Gasteiger partial charge in [0.25, 0.3) is 0 Å². The first kappa shape index (κ1) is 24.1. The molecule has 0 amide bonds. The summed E-state index contributed by atoms with van der Waals surface area (Å²) in [6.07, 6.45) is 4.84. The molecule has 4 aromatic rings. The van der Waals surface area contributed by atoms with Crippen LogP contribution in [0.1, 0.15) is 22.5 Å². The van der Waals surface area contributed by atoms with Gasteiger partial charge < -0.3 is 0 Å². The number of nitrogens with zero attached hydrogens (tertiary/aromatic N) is 4. The number of aromatic nitrogens is 3. The summed E-state index contributed by atoms with van der Waals surface area (Å²) >= 11 is 5.70. The van der Waals surface area contributed by atoms with E-state index in [0.29, 0.717) is 29.1 Å². The second-order valence-corrected chi connectivity index (χ2v) is 10.4. The van der Waals surface area contributed by atoms with E-state index in [4.69, 9.17) is 11.6 Å². The molecular weight excluding hydrogens is 513 g/mol. The fourth-order valence-electron chi connectivity index (χ4n) is 4.01. The number of aliphatic imine (C=N–C) groups is 1. The maximum atomic E-state index is 15.5. The molecule has 0 saturated carbocycles. The van der Waals surface area contributed by atoms with Crippen LogP contribution >= 0.6 is 11.6 Å². The molecule has 36 heavy (non-hydrogen) atoms. The highest BCUT2D eigenvalue weighted by molar-refractivity contribution is 7.90. The van der Waals surface area contributed by atoms with Crippen LogP contribution in [0.25, 0.3) is 11.3 Å². The van der Waals surface area contributed by atoms with Crippen molar-refractivity contribution < 1.29 is 21.6 Å². The Balaban J connectivity index is 1.53. The minimum absolute atomic E-state index is 0.282. The fourth-order valence-corrected chi connectivity index (χ4v) is 5.70. The minimum Gasteiger partial charge on any atom is -0.260 e. The van der Waals surface area contributed by atoms with E-state index in [0.717, 1.165) is 23.9 Å². The smallest absolute Gasteiger partial charge is 0.185 e. The molecule has 0 spiro atoms. The Morgan fingerprint density at radius 1 is 0.944 bits per heavy atom. The molecule has 0 saturated heterocycles. The number of pyridine rings is 1. The van der Waals surface area contributed by atoms with Crippen LogP contribution in [0.3, 0.4) is 0 Å². The summed E-state index contributed by atoms with van der Waals surface area (Å²) in [5.74, 6) is -3.93. The summed E-state index contributed by atoms with van der Waals surface area (Å²) in [4.78, 5) is 16.5. The minimum atomic E-state index is -4.32. The van der Waals surface area contributed by atoms with E-state index >= 15 is 4.39 Å². The van der Waals surface area contributed by atoms with Crippen LogP contribution in [-0.4, -0.2) is 29.6 Å². The largest absolute Gasteiger partial charge is 0.260 e.